The van der Waals surface area contributed by atoms with Crippen LogP contribution in [0.1, 0.15) is 12.8 Å². The number of rotatable bonds is 4. The molecule has 0 bridgehead atoms. The van der Waals surface area contributed by atoms with Gasteiger partial charge < -0.3 is 10.4 Å². The van der Waals surface area contributed by atoms with E-state index < -0.39 is 16.4 Å². The normalized spacial score (nSPS) is 23.3. The molecule has 6 nitrogen and oxygen atoms in total. The van der Waals surface area contributed by atoms with Crippen molar-refractivity contribution < 1.29 is 9.32 Å². The fourth-order valence-electron chi connectivity index (χ4n) is 1.98. The highest BCUT2D eigenvalue weighted by Crippen LogP contribution is 2.20. The second kappa shape index (κ2) is 6.49. The molecule has 0 saturated carbocycles. The fraction of sp³-hybridized carbons (Fsp3) is 0.636. The van der Waals surface area contributed by atoms with Crippen LogP contribution in [0, 0.1) is 0 Å². The number of nitrogens with one attached hydrogen (secondary N) is 1. The summed E-state index contributed by atoms with van der Waals surface area (Å²) >= 11 is 6.00. The molecule has 106 valence electrons. The predicted octanol–water partition coefficient (Wildman–Crippen LogP) is 0.212. The monoisotopic (exact) mass is 305 g/mol. The number of hydrogen-bond acceptors (Lipinski definition) is 5. The third-order valence-corrected chi connectivity index (χ3v) is 4.79. The Bertz CT molecular complexity index is 524. The number of hydrogen-bond donors (Lipinski definition) is 2. The molecule has 2 N–H and O–H groups in total. The van der Waals surface area contributed by atoms with Gasteiger partial charge in [0.25, 0.3) is 5.56 Å². The van der Waals surface area contributed by atoms with E-state index in [2.05, 4.69) is 10.4 Å². The van der Waals surface area contributed by atoms with Crippen LogP contribution < -0.4 is 10.9 Å². The van der Waals surface area contributed by atoms with Crippen LogP contribution in [0.2, 0.25) is 5.02 Å². The zero-order valence-corrected chi connectivity index (χ0v) is 11.9. The van der Waals surface area contributed by atoms with Gasteiger partial charge in [-0.1, -0.05) is 11.6 Å². The molecule has 0 aliphatic carbocycles. The Labute approximate surface area is 118 Å². The lowest BCUT2D eigenvalue weighted by atomic mass is 10.1. The van der Waals surface area contributed by atoms with Crippen molar-refractivity contribution in [2.75, 3.05) is 23.4 Å². The fourth-order valence-corrected chi connectivity index (χ4v) is 3.48. The second-order valence-corrected chi connectivity index (χ2v) is 6.46. The molecule has 0 aromatic carbocycles. The molecule has 0 amide bonds. The van der Waals surface area contributed by atoms with Gasteiger partial charge >= 0.3 is 0 Å². The highest BCUT2D eigenvalue weighted by molar-refractivity contribution is 7.85. The first kappa shape index (κ1) is 14.5. The maximum atomic E-state index is 11.8. The standard InChI is InChI=1S/C11H16ClN3O3S/c12-10-9(7-13-15(3-4-16)11(10)17)14-8-1-5-19(18)6-2-8/h7-8,14,16H,1-6H2. The van der Waals surface area contributed by atoms with Crippen molar-refractivity contribution in [3.63, 3.8) is 0 Å². The Morgan fingerprint density at radius 2 is 2.21 bits per heavy atom. The number of aliphatic hydroxyl groups is 1. The minimum atomic E-state index is -0.717. The lowest BCUT2D eigenvalue weighted by molar-refractivity contribution is 0.266. The van der Waals surface area contributed by atoms with E-state index in [0.717, 1.165) is 17.5 Å². The molecule has 0 spiro atoms. The molecule has 19 heavy (non-hydrogen) atoms. The number of aromatic nitrogens is 2. The van der Waals surface area contributed by atoms with Gasteiger partial charge in [-0.2, -0.15) is 5.10 Å². The van der Waals surface area contributed by atoms with Crippen molar-refractivity contribution in [2.45, 2.75) is 25.4 Å². The minimum Gasteiger partial charge on any atom is -0.394 e. The van der Waals surface area contributed by atoms with Crippen molar-refractivity contribution in [1.29, 1.82) is 0 Å². The van der Waals surface area contributed by atoms with Crippen LogP contribution in [0.3, 0.4) is 0 Å². The van der Waals surface area contributed by atoms with Gasteiger partial charge in [0.05, 0.1) is 25.0 Å². The van der Waals surface area contributed by atoms with Gasteiger partial charge in [0.1, 0.15) is 5.02 Å². The molecule has 1 aliphatic heterocycles. The van der Waals surface area contributed by atoms with E-state index in [-0.39, 0.29) is 24.2 Å². The third-order valence-electron chi connectivity index (χ3n) is 3.04. The van der Waals surface area contributed by atoms with Gasteiger partial charge in [-0.25, -0.2) is 4.68 Å². The van der Waals surface area contributed by atoms with Crippen molar-refractivity contribution in [2.24, 2.45) is 0 Å². The largest absolute Gasteiger partial charge is 0.394 e. The Hall–Kier alpha value is -0.920. The Morgan fingerprint density at radius 1 is 1.53 bits per heavy atom. The molecule has 2 heterocycles. The van der Waals surface area contributed by atoms with E-state index in [1.807, 2.05) is 0 Å². The summed E-state index contributed by atoms with van der Waals surface area (Å²) < 4.78 is 12.4. The molecule has 2 rings (SSSR count). The number of nitrogens with zero attached hydrogens (tertiary/aromatic N) is 2. The first-order chi connectivity index (χ1) is 9.11. The number of aliphatic hydroxyl groups excluding tert-OH is 1. The van der Waals surface area contributed by atoms with Crippen LogP contribution in [-0.4, -0.2) is 43.3 Å². The smallest absolute Gasteiger partial charge is 0.287 e. The lowest BCUT2D eigenvalue weighted by Crippen LogP contribution is -2.31. The maximum Gasteiger partial charge on any atom is 0.287 e. The van der Waals surface area contributed by atoms with E-state index in [1.165, 1.54) is 6.20 Å². The molecular formula is C11H16ClN3O3S. The van der Waals surface area contributed by atoms with Gasteiger partial charge in [-0.05, 0) is 12.8 Å². The molecule has 1 saturated heterocycles. The second-order valence-electron chi connectivity index (χ2n) is 4.39. The van der Waals surface area contributed by atoms with Gasteiger partial charge in [-0.15, -0.1) is 0 Å². The SMILES string of the molecule is O=c1c(Cl)c(NC2CCS(=O)CC2)cnn1CCO. The average Bonchev–Trinajstić information content (AvgIpc) is 2.41. The van der Waals surface area contributed by atoms with E-state index in [0.29, 0.717) is 17.2 Å². The van der Waals surface area contributed by atoms with Gasteiger partial charge in [-0.3, -0.25) is 9.00 Å². The first-order valence-electron chi connectivity index (χ1n) is 6.10. The summed E-state index contributed by atoms with van der Waals surface area (Å²) in [6.07, 6.45) is 3.08. The number of halogens is 1. The summed E-state index contributed by atoms with van der Waals surface area (Å²) in [5.41, 5.74) is 0.0821. The highest BCUT2D eigenvalue weighted by atomic mass is 35.5. The summed E-state index contributed by atoms with van der Waals surface area (Å²) in [5.74, 6) is 1.34. The van der Waals surface area contributed by atoms with Gasteiger partial charge in [0.15, 0.2) is 0 Å². The van der Waals surface area contributed by atoms with E-state index in [1.54, 1.807) is 0 Å². The maximum absolute atomic E-state index is 11.8. The highest BCUT2D eigenvalue weighted by Gasteiger charge is 2.19. The molecule has 1 aromatic rings. The topological polar surface area (TPSA) is 84.2 Å². The van der Waals surface area contributed by atoms with Crippen molar-refractivity contribution in [1.82, 2.24) is 9.78 Å². The molecule has 8 heteroatoms. The van der Waals surface area contributed by atoms with Crippen LogP contribution in [0.4, 0.5) is 5.69 Å². The lowest BCUT2D eigenvalue weighted by Gasteiger charge is -2.23. The molecule has 1 fully saturated rings. The molecule has 1 aliphatic rings. The summed E-state index contributed by atoms with van der Waals surface area (Å²) in [6.45, 7) is -0.0360. The van der Waals surface area contributed by atoms with Crippen LogP contribution in [0.25, 0.3) is 0 Å². The van der Waals surface area contributed by atoms with E-state index >= 15 is 0 Å². The summed E-state index contributed by atoms with van der Waals surface area (Å²) in [5, 5.41) is 16.0. The third kappa shape index (κ3) is 3.55. The number of anilines is 1. The molecular weight excluding hydrogens is 290 g/mol. The van der Waals surface area contributed by atoms with Crippen LogP contribution >= 0.6 is 11.6 Å². The minimum absolute atomic E-state index is 0.0788. The molecule has 0 unspecified atom stereocenters. The van der Waals surface area contributed by atoms with E-state index in [9.17, 15) is 9.00 Å². The quantitative estimate of drug-likeness (QED) is 0.831. The van der Waals surface area contributed by atoms with Crippen molar-refractivity contribution >= 4 is 28.1 Å². The summed E-state index contributed by atoms with van der Waals surface area (Å²) in [6, 6.07) is 0.171. The van der Waals surface area contributed by atoms with Crippen LogP contribution in [0.15, 0.2) is 11.0 Å². The Morgan fingerprint density at radius 3 is 2.84 bits per heavy atom. The van der Waals surface area contributed by atoms with E-state index in [4.69, 9.17) is 16.7 Å². The van der Waals surface area contributed by atoms with Crippen molar-refractivity contribution in [3.8, 4) is 0 Å². The van der Waals surface area contributed by atoms with Gasteiger partial charge in [0.2, 0.25) is 0 Å². The molecule has 1 aromatic heterocycles. The van der Waals surface area contributed by atoms with Crippen LogP contribution in [-0.2, 0) is 17.3 Å². The van der Waals surface area contributed by atoms with Crippen LogP contribution in [0.5, 0.6) is 0 Å². The summed E-state index contributed by atoms with van der Waals surface area (Å²) in [4.78, 5) is 11.8. The zero-order valence-electron chi connectivity index (χ0n) is 10.3. The summed E-state index contributed by atoms with van der Waals surface area (Å²) in [7, 11) is -0.717. The van der Waals surface area contributed by atoms with Gasteiger partial charge in [0, 0.05) is 28.3 Å². The predicted molar refractivity (Wildman–Crippen MR) is 75.1 cm³/mol. The molecule has 0 radical (unpaired) electrons. The molecule has 0 atom stereocenters. The Kier molecular flexibility index (Phi) is 4.95. The zero-order chi connectivity index (χ0) is 13.8. The average molecular weight is 306 g/mol. The first-order valence-corrected chi connectivity index (χ1v) is 7.96. The Balaban J connectivity index is 2.11. The van der Waals surface area contributed by atoms with Crippen molar-refractivity contribution in [3.05, 3.63) is 21.6 Å².